The molecule has 1 saturated heterocycles. The standard InChI is InChI=1S/C22H23N5O2S/c28-20-4-1-3-18-16-9-17(12-26(11-16)13-19-23-6-2-7-24-19)21(27(18)20)22(29)25-10-15-5-8-30-14-15/h1-8,14,16-17,21H,9-13H2,(H,25,29)/t16-,17+,21-/m1/s1. The summed E-state index contributed by atoms with van der Waals surface area (Å²) in [5.74, 6) is 0.989. The molecule has 0 unspecified atom stereocenters. The van der Waals surface area contributed by atoms with Crippen LogP contribution in [-0.4, -0.2) is 38.4 Å². The predicted octanol–water partition coefficient (Wildman–Crippen LogP) is 2.18. The largest absolute Gasteiger partial charge is 0.350 e. The smallest absolute Gasteiger partial charge is 0.251 e. The minimum Gasteiger partial charge on any atom is -0.350 e. The van der Waals surface area contributed by atoms with E-state index >= 15 is 0 Å². The van der Waals surface area contributed by atoms with Crippen molar-refractivity contribution < 1.29 is 4.79 Å². The fraction of sp³-hybridized carbons (Fsp3) is 0.364. The molecule has 1 fully saturated rings. The molecule has 7 nitrogen and oxygen atoms in total. The third-order valence-electron chi connectivity index (χ3n) is 6.02. The van der Waals surface area contributed by atoms with Gasteiger partial charge < -0.3 is 5.32 Å². The summed E-state index contributed by atoms with van der Waals surface area (Å²) in [7, 11) is 0. The molecule has 1 amide bonds. The van der Waals surface area contributed by atoms with Gasteiger partial charge in [-0.05, 0) is 40.9 Å². The van der Waals surface area contributed by atoms with Gasteiger partial charge in [-0.1, -0.05) is 6.07 Å². The molecule has 0 spiro atoms. The van der Waals surface area contributed by atoms with Crippen LogP contribution in [-0.2, 0) is 17.9 Å². The van der Waals surface area contributed by atoms with E-state index in [1.54, 1.807) is 40.4 Å². The van der Waals surface area contributed by atoms with Crippen LogP contribution < -0.4 is 10.9 Å². The third kappa shape index (κ3) is 3.68. The Labute approximate surface area is 178 Å². The van der Waals surface area contributed by atoms with E-state index in [-0.39, 0.29) is 23.3 Å². The van der Waals surface area contributed by atoms with Gasteiger partial charge in [0.2, 0.25) is 5.91 Å². The van der Waals surface area contributed by atoms with Gasteiger partial charge in [0.25, 0.3) is 5.56 Å². The summed E-state index contributed by atoms with van der Waals surface area (Å²) in [5.41, 5.74) is 1.93. The molecule has 3 aromatic rings. The summed E-state index contributed by atoms with van der Waals surface area (Å²) >= 11 is 1.61. The minimum absolute atomic E-state index is 0.0718. The van der Waals surface area contributed by atoms with Crippen LogP contribution in [0.5, 0.6) is 0 Å². The summed E-state index contributed by atoms with van der Waals surface area (Å²) in [6.45, 7) is 2.70. The van der Waals surface area contributed by atoms with Crippen LogP contribution in [0.15, 0.2) is 58.3 Å². The van der Waals surface area contributed by atoms with E-state index in [9.17, 15) is 9.59 Å². The summed E-state index contributed by atoms with van der Waals surface area (Å²) in [5, 5.41) is 7.08. The highest BCUT2D eigenvalue weighted by molar-refractivity contribution is 7.07. The number of hydrogen-bond donors (Lipinski definition) is 1. The van der Waals surface area contributed by atoms with Gasteiger partial charge >= 0.3 is 0 Å². The Morgan fingerprint density at radius 2 is 2.03 bits per heavy atom. The molecule has 0 aliphatic carbocycles. The fourth-order valence-electron chi connectivity index (χ4n) is 4.79. The topological polar surface area (TPSA) is 80.1 Å². The molecular weight excluding hydrogens is 398 g/mol. The van der Waals surface area contributed by atoms with Crippen molar-refractivity contribution in [2.24, 2.45) is 5.92 Å². The molecule has 2 bridgehead atoms. The number of carbonyl (C=O) groups excluding carboxylic acids is 1. The lowest BCUT2D eigenvalue weighted by Gasteiger charge is -2.46. The average molecular weight is 422 g/mol. The molecule has 2 aliphatic heterocycles. The van der Waals surface area contributed by atoms with Crippen LogP contribution in [0.2, 0.25) is 0 Å². The Morgan fingerprint density at radius 1 is 1.17 bits per heavy atom. The van der Waals surface area contributed by atoms with Gasteiger partial charge in [0.1, 0.15) is 11.9 Å². The van der Waals surface area contributed by atoms with Crippen molar-refractivity contribution in [2.45, 2.75) is 31.5 Å². The maximum absolute atomic E-state index is 13.3. The first kappa shape index (κ1) is 19.1. The van der Waals surface area contributed by atoms with Crippen molar-refractivity contribution in [3.8, 4) is 0 Å². The Morgan fingerprint density at radius 3 is 2.83 bits per heavy atom. The quantitative estimate of drug-likeness (QED) is 0.683. The zero-order chi connectivity index (χ0) is 20.5. The fourth-order valence-corrected chi connectivity index (χ4v) is 5.46. The number of amides is 1. The van der Waals surface area contributed by atoms with Crippen molar-refractivity contribution in [1.82, 2.24) is 24.8 Å². The first-order valence-corrected chi connectivity index (χ1v) is 11.1. The Bertz CT molecular complexity index is 1080. The van der Waals surface area contributed by atoms with Gasteiger partial charge in [-0.2, -0.15) is 11.3 Å². The van der Waals surface area contributed by atoms with Crippen molar-refractivity contribution in [2.75, 3.05) is 13.1 Å². The van der Waals surface area contributed by atoms with E-state index < -0.39 is 6.04 Å². The second-order valence-corrected chi connectivity index (χ2v) is 8.78. The second-order valence-electron chi connectivity index (χ2n) is 8.00. The molecule has 0 saturated carbocycles. The first-order valence-electron chi connectivity index (χ1n) is 10.2. The van der Waals surface area contributed by atoms with Crippen LogP contribution in [0.3, 0.4) is 0 Å². The minimum atomic E-state index is -0.497. The maximum atomic E-state index is 13.3. The van der Waals surface area contributed by atoms with Crippen molar-refractivity contribution in [3.05, 3.63) is 80.9 Å². The molecule has 3 aromatic heterocycles. The number of thiophene rings is 1. The van der Waals surface area contributed by atoms with Gasteiger partial charge in [-0.3, -0.25) is 19.1 Å². The summed E-state index contributed by atoms with van der Waals surface area (Å²) in [6.07, 6.45) is 4.41. The molecule has 154 valence electrons. The van der Waals surface area contributed by atoms with E-state index in [0.29, 0.717) is 13.1 Å². The first-order chi connectivity index (χ1) is 14.7. The number of fused-ring (bicyclic) bond motifs is 4. The van der Waals surface area contributed by atoms with Crippen molar-refractivity contribution in [3.63, 3.8) is 0 Å². The van der Waals surface area contributed by atoms with Crippen molar-refractivity contribution in [1.29, 1.82) is 0 Å². The molecule has 8 heteroatoms. The summed E-state index contributed by atoms with van der Waals surface area (Å²) in [6, 6.07) is 8.66. The van der Waals surface area contributed by atoms with Gasteiger partial charge in [0.05, 0.1) is 6.54 Å². The normalized spacial score (nSPS) is 23.0. The Hall–Kier alpha value is -2.84. The highest BCUT2D eigenvalue weighted by Crippen LogP contribution is 2.41. The van der Waals surface area contributed by atoms with Gasteiger partial charge in [-0.25, -0.2) is 9.97 Å². The van der Waals surface area contributed by atoms with E-state index in [0.717, 1.165) is 36.6 Å². The number of nitrogens with zero attached hydrogens (tertiary/aromatic N) is 4. The lowest BCUT2D eigenvalue weighted by Crippen LogP contribution is -2.53. The lowest BCUT2D eigenvalue weighted by atomic mass is 9.78. The average Bonchev–Trinajstić information content (AvgIpc) is 3.27. The monoisotopic (exact) mass is 421 g/mol. The van der Waals surface area contributed by atoms with Gasteiger partial charge in [-0.15, -0.1) is 0 Å². The SMILES string of the molecule is O=C(NCc1ccsc1)[C@H]1[C@H]2C[C@H](CN(Cc3ncccn3)C2)c2cccc(=O)n21. The number of likely N-dealkylation sites (tertiary alicyclic amines) is 1. The van der Waals surface area contributed by atoms with E-state index in [4.69, 9.17) is 0 Å². The number of carbonyl (C=O) groups is 1. The Balaban J connectivity index is 1.43. The van der Waals surface area contributed by atoms with Crippen LogP contribution >= 0.6 is 11.3 Å². The second kappa shape index (κ2) is 8.12. The highest BCUT2D eigenvalue weighted by Gasteiger charge is 2.43. The molecule has 5 heterocycles. The molecular formula is C22H23N5O2S. The number of pyridine rings is 1. The number of piperidine rings is 1. The van der Waals surface area contributed by atoms with Crippen LogP contribution in [0.25, 0.3) is 0 Å². The van der Waals surface area contributed by atoms with Crippen molar-refractivity contribution >= 4 is 17.2 Å². The number of hydrogen-bond acceptors (Lipinski definition) is 6. The Kier molecular flexibility index (Phi) is 5.18. The van der Waals surface area contributed by atoms with Crippen LogP contribution in [0, 0.1) is 5.92 Å². The van der Waals surface area contributed by atoms with Crippen LogP contribution in [0.4, 0.5) is 0 Å². The summed E-state index contributed by atoms with van der Waals surface area (Å²) in [4.78, 5) is 37.0. The molecule has 30 heavy (non-hydrogen) atoms. The van der Waals surface area contributed by atoms with Crippen LogP contribution in [0.1, 0.15) is 35.5 Å². The number of nitrogens with one attached hydrogen (secondary N) is 1. The molecule has 2 aliphatic rings. The summed E-state index contributed by atoms with van der Waals surface area (Å²) < 4.78 is 1.73. The zero-order valence-electron chi connectivity index (χ0n) is 16.5. The molecule has 3 atom stereocenters. The molecule has 5 rings (SSSR count). The molecule has 1 N–H and O–H groups in total. The number of rotatable bonds is 5. The molecule has 0 aromatic carbocycles. The van der Waals surface area contributed by atoms with E-state index in [1.165, 1.54) is 0 Å². The van der Waals surface area contributed by atoms with Gasteiger partial charge in [0, 0.05) is 55.6 Å². The third-order valence-corrected chi connectivity index (χ3v) is 6.75. The zero-order valence-corrected chi connectivity index (χ0v) is 17.3. The molecule has 0 radical (unpaired) electrons. The van der Waals surface area contributed by atoms with Gasteiger partial charge in [0.15, 0.2) is 0 Å². The predicted molar refractivity (Wildman–Crippen MR) is 114 cm³/mol. The van der Waals surface area contributed by atoms with E-state index in [1.807, 2.05) is 29.0 Å². The number of aromatic nitrogens is 3. The van der Waals surface area contributed by atoms with E-state index in [2.05, 4.69) is 20.2 Å². The lowest BCUT2D eigenvalue weighted by molar-refractivity contribution is -0.128. The maximum Gasteiger partial charge on any atom is 0.251 e. The highest BCUT2D eigenvalue weighted by atomic mass is 32.1.